The molecule has 10 nitrogen and oxygen atoms in total. The highest BCUT2D eigenvalue weighted by atomic mass is 79.9. The van der Waals surface area contributed by atoms with Gasteiger partial charge in [0.05, 0.1) is 26.8 Å². The summed E-state index contributed by atoms with van der Waals surface area (Å²) >= 11 is 3.31. The molecule has 1 aliphatic heterocycles. The first-order valence-corrected chi connectivity index (χ1v) is 11.7. The molecule has 2 N–H and O–H groups in total. The Morgan fingerprint density at radius 1 is 1.15 bits per heavy atom. The second-order valence-electron chi connectivity index (χ2n) is 7.02. The van der Waals surface area contributed by atoms with E-state index in [9.17, 15) is 23.3 Å². The van der Waals surface area contributed by atoms with Crippen LogP contribution in [-0.2, 0) is 14.8 Å². The molecule has 1 amide bonds. The molecule has 2 heterocycles. The molecule has 33 heavy (non-hydrogen) atoms. The molecule has 12 heteroatoms. The highest BCUT2D eigenvalue weighted by Gasteiger charge is 2.29. The third kappa shape index (κ3) is 4.49. The first-order valence-electron chi connectivity index (χ1n) is 9.33. The molecule has 0 radical (unpaired) electrons. The molecule has 168 valence electrons. The quantitative estimate of drug-likeness (QED) is 0.298. The Bertz CT molecular complexity index is 1460. The SMILES string of the molecule is CC1=NN(c2ccc(S(N)(=O)=O)cc2)C(=O)/C1=C\c1ccc(-c2ccc([N+](=O)[O-])cc2Br)o1. The summed E-state index contributed by atoms with van der Waals surface area (Å²) in [6, 6.07) is 13.1. The van der Waals surface area contributed by atoms with Crippen LogP contribution in [0.15, 0.2) is 79.1 Å². The number of non-ortho nitro benzene ring substituents is 1. The lowest BCUT2D eigenvalue weighted by Crippen LogP contribution is -2.21. The maximum atomic E-state index is 12.9. The number of primary sulfonamides is 1. The lowest BCUT2D eigenvalue weighted by atomic mass is 10.1. The van der Waals surface area contributed by atoms with Gasteiger partial charge in [0.2, 0.25) is 10.0 Å². The number of nitrogens with two attached hydrogens (primary N) is 1. The summed E-state index contributed by atoms with van der Waals surface area (Å²) < 4.78 is 29.2. The van der Waals surface area contributed by atoms with E-state index in [-0.39, 0.29) is 10.6 Å². The number of carbonyl (C=O) groups is 1. The van der Waals surface area contributed by atoms with Crippen molar-refractivity contribution >= 4 is 55.0 Å². The van der Waals surface area contributed by atoms with Crippen LogP contribution in [0, 0.1) is 10.1 Å². The van der Waals surface area contributed by atoms with E-state index in [1.54, 1.807) is 31.2 Å². The molecule has 0 atom stereocenters. The highest BCUT2D eigenvalue weighted by Crippen LogP contribution is 2.33. The minimum atomic E-state index is -3.85. The second kappa shape index (κ2) is 8.39. The van der Waals surface area contributed by atoms with Gasteiger partial charge in [-0.3, -0.25) is 14.9 Å². The number of benzene rings is 2. The first-order chi connectivity index (χ1) is 15.5. The predicted molar refractivity (Wildman–Crippen MR) is 125 cm³/mol. The number of nitro groups is 1. The zero-order chi connectivity index (χ0) is 23.9. The molecule has 0 bridgehead atoms. The van der Waals surface area contributed by atoms with Crippen LogP contribution < -0.4 is 10.1 Å². The lowest BCUT2D eigenvalue weighted by Gasteiger charge is -2.11. The number of rotatable bonds is 5. The zero-order valence-corrected chi connectivity index (χ0v) is 19.3. The summed E-state index contributed by atoms with van der Waals surface area (Å²) in [4.78, 5) is 23.3. The summed E-state index contributed by atoms with van der Waals surface area (Å²) in [5.41, 5.74) is 1.69. The standard InChI is InChI=1S/C21H15BrN4O6S/c1-12-18(21(27)25(24-12)13-2-6-16(7-3-13)33(23,30)31)11-15-5-9-20(32-15)17-8-4-14(26(28)29)10-19(17)22/h2-11H,1H3,(H2,23,30,31)/b18-11-. The molecule has 0 aliphatic carbocycles. The monoisotopic (exact) mass is 530 g/mol. The zero-order valence-electron chi connectivity index (χ0n) is 16.9. The van der Waals surface area contributed by atoms with Gasteiger partial charge in [-0.05, 0) is 71.4 Å². The lowest BCUT2D eigenvalue weighted by molar-refractivity contribution is -0.384. The topological polar surface area (TPSA) is 149 Å². The predicted octanol–water partition coefficient (Wildman–Crippen LogP) is 4.07. The maximum absolute atomic E-state index is 12.9. The number of carbonyl (C=O) groups excluding carboxylic acids is 1. The number of anilines is 1. The van der Waals surface area contributed by atoms with Gasteiger partial charge in [-0.2, -0.15) is 10.1 Å². The number of hydrogen-bond donors (Lipinski definition) is 1. The van der Waals surface area contributed by atoms with E-state index in [1.165, 1.54) is 36.4 Å². The number of nitro benzene ring substituents is 1. The van der Waals surface area contributed by atoms with Gasteiger partial charge in [0.1, 0.15) is 11.5 Å². The maximum Gasteiger partial charge on any atom is 0.280 e. The van der Waals surface area contributed by atoms with E-state index in [0.29, 0.717) is 38.5 Å². The summed E-state index contributed by atoms with van der Waals surface area (Å²) in [5, 5.41) is 21.4. The average Bonchev–Trinajstić information content (AvgIpc) is 3.33. The Morgan fingerprint density at radius 2 is 1.85 bits per heavy atom. The van der Waals surface area contributed by atoms with Crippen LogP contribution in [0.25, 0.3) is 17.4 Å². The van der Waals surface area contributed by atoms with Crippen LogP contribution in [0.4, 0.5) is 11.4 Å². The Hall–Kier alpha value is -3.61. The minimum absolute atomic E-state index is 0.0555. The molecule has 0 fully saturated rings. The van der Waals surface area contributed by atoms with Gasteiger partial charge >= 0.3 is 0 Å². The van der Waals surface area contributed by atoms with Crippen molar-refractivity contribution in [1.29, 1.82) is 0 Å². The summed E-state index contributed by atoms with van der Waals surface area (Å²) in [7, 11) is -3.85. The smallest absolute Gasteiger partial charge is 0.280 e. The van der Waals surface area contributed by atoms with E-state index in [2.05, 4.69) is 21.0 Å². The van der Waals surface area contributed by atoms with Crippen molar-refractivity contribution in [3.05, 3.63) is 80.5 Å². The van der Waals surface area contributed by atoms with Gasteiger partial charge in [-0.15, -0.1) is 0 Å². The molecule has 0 spiro atoms. The second-order valence-corrected chi connectivity index (χ2v) is 9.44. The Morgan fingerprint density at radius 3 is 2.45 bits per heavy atom. The molecule has 2 aromatic carbocycles. The Labute approximate surface area is 196 Å². The molecule has 1 aromatic heterocycles. The van der Waals surface area contributed by atoms with Crippen LogP contribution in [0.1, 0.15) is 12.7 Å². The Balaban J connectivity index is 1.60. The normalized spacial score (nSPS) is 15.2. The van der Waals surface area contributed by atoms with Crippen molar-refractivity contribution in [3.8, 4) is 11.3 Å². The fourth-order valence-electron chi connectivity index (χ4n) is 3.17. The van der Waals surface area contributed by atoms with Crippen LogP contribution in [0.2, 0.25) is 0 Å². The van der Waals surface area contributed by atoms with E-state index in [0.717, 1.165) is 5.01 Å². The number of furan rings is 1. The van der Waals surface area contributed by atoms with Gasteiger partial charge in [0.25, 0.3) is 11.6 Å². The van der Waals surface area contributed by atoms with Crippen molar-refractivity contribution in [2.75, 3.05) is 5.01 Å². The van der Waals surface area contributed by atoms with Gasteiger partial charge < -0.3 is 4.42 Å². The van der Waals surface area contributed by atoms with Crippen LogP contribution in [0.5, 0.6) is 0 Å². The third-order valence-corrected chi connectivity index (χ3v) is 6.40. The number of nitrogens with zero attached hydrogens (tertiary/aromatic N) is 3. The van der Waals surface area contributed by atoms with Crippen molar-refractivity contribution in [2.45, 2.75) is 11.8 Å². The van der Waals surface area contributed by atoms with Crippen molar-refractivity contribution in [1.82, 2.24) is 0 Å². The van der Waals surface area contributed by atoms with E-state index in [1.807, 2.05) is 0 Å². The highest BCUT2D eigenvalue weighted by molar-refractivity contribution is 9.10. The molecule has 0 saturated heterocycles. The van der Waals surface area contributed by atoms with E-state index in [4.69, 9.17) is 9.56 Å². The molecule has 0 saturated carbocycles. The van der Waals surface area contributed by atoms with Crippen molar-refractivity contribution in [3.63, 3.8) is 0 Å². The number of sulfonamides is 1. The van der Waals surface area contributed by atoms with Gasteiger partial charge in [-0.25, -0.2) is 13.6 Å². The van der Waals surface area contributed by atoms with Crippen molar-refractivity contribution in [2.24, 2.45) is 10.2 Å². The van der Waals surface area contributed by atoms with Gasteiger partial charge in [0, 0.05) is 22.2 Å². The number of amides is 1. The van der Waals surface area contributed by atoms with Gasteiger partial charge in [-0.1, -0.05) is 0 Å². The fraction of sp³-hybridized carbons (Fsp3) is 0.0476. The fourth-order valence-corrected chi connectivity index (χ4v) is 4.25. The van der Waals surface area contributed by atoms with Crippen molar-refractivity contribution < 1.29 is 22.6 Å². The molecular weight excluding hydrogens is 516 g/mol. The Kier molecular flexibility index (Phi) is 5.74. The summed E-state index contributed by atoms with van der Waals surface area (Å²) in [6.07, 6.45) is 1.54. The van der Waals surface area contributed by atoms with Crippen LogP contribution >= 0.6 is 15.9 Å². The number of hydrazone groups is 1. The minimum Gasteiger partial charge on any atom is -0.457 e. The first kappa shape index (κ1) is 22.6. The summed E-state index contributed by atoms with van der Waals surface area (Å²) in [5.74, 6) is 0.434. The van der Waals surface area contributed by atoms with E-state index >= 15 is 0 Å². The van der Waals surface area contributed by atoms with E-state index < -0.39 is 20.9 Å². The molecule has 4 rings (SSSR count). The number of halogens is 1. The molecule has 1 aliphatic rings. The molecular formula is C21H15BrN4O6S. The largest absolute Gasteiger partial charge is 0.457 e. The van der Waals surface area contributed by atoms with Crippen LogP contribution in [0.3, 0.4) is 0 Å². The third-order valence-electron chi connectivity index (χ3n) is 4.81. The summed E-state index contributed by atoms with van der Waals surface area (Å²) in [6.45, 7) is 1.67. The average molecular weight is 531 g/mol. The number of hydrogen-bond acceptors (Lipinski definition) is 7. The van der Waals surface area contributed by atoms with Gasteiger partial charge in [0.15, 0.2) is 0 Å². The molecule has 0 unspecified atom stereocenters. The van der Waals surface area contributed by atoms with Crippen LogP contribution in [-0.4, -0.2) is 25.0 Å². The molecule has 3 aromatic rings.